The van der Waals surface area contributed by atoms with Crippen LogP contribution in [0.1, 0.15) is 32.4 Å². The lowest BCUT2D eigenvalue weighted by Gasteiger charge is -2.30. The van der Waals surface area contributed by atoms with Crippen molar-refractivity contribution in [3.8, 4) is 0 Å². The van der Waals surface area contributed by atoms with Gasteiger partial charge in [0.2, 0.25) is 0 Å². The molecule has 2 heteroatoms. The summed E-state index contributed by atoms with van der Waals surface area (Å²) in [5.41, 5.74) is 0.997. The highest BCUT2D eigenvalue weighted by atomic mass is 16.3. The smallest absolute Gasteiger partial charge is 0.0942 e. The molecule has 0 aromatic heterocycles. The highest BCUT2D eigenvalue weighted by Crippen LogP contribution is 2.20. The predicted octanol–water partition coefficient (Wildman–Crippen LogP) is 2.45. The molecule has 0 amide bonds. The van der Waals surface area contributed by atoms with Crippen LogP contribution in [0, 0.1) is 0 Å². The largest absolute Gasteiger partial charge is 0.387 e. The Labute approximate surface area is 92.5 Å². The van der Waals surface area contributed by atoms with Crippen LogP contribution in [0.25, 0.3) is 0 Å². The van der Waals surface area contributed by atoms with Crippen LogP contribution in [0.15, 0.2) is 30.3 Å². The highest BCUT2D eigenvalue weighted by molar-refractivity contribution is 5.18. The van der Waals surface area contributed by atoms with Gasteiger partial charge in [0.05, 0.1) is 6.10 Å². The van der Waals surface area contributed by atoms with Gasteiger partial charge < -0.3 is 5.11 Å². The van der Waals surface area contributed by atoms with Crippen molar-refractivity contribution < 1.29 is 5.11 Å². The van der Waals surface area contributed by atoms with Crippen molar-refractivity contribution >= 4 is 0 Å². The van der Waals surface area contributed by atoms with Crippen LogP contribution >= 0.6 is 0 Å². The zero-order valence-corrected chi connectivity index (χ0v) is 9.85. The van der Waals surface area contributed by atoms with Crippen LogP contribution in [0.3, 0.4) is 0 Å². The fraction of sp³-hybridized carbons (Fsp3) is 0.538. The highest BCUT2D eigenvalue weighted by Gasteiger charge is 2.20. The number of aliphatic hydroxyl groups excluding tert-OH is 1. The number of hydrogen-bond donors (Lipinski definition) is 1. The van der Waals surface area contributed by atoms with E-state index in [1.807, 2.05) is 30.3 Å². The number of hydrogen-bond acceptors (Lipinski definition) is 2. The van der Waals surface area contributed by atoms with Gasteiger partial charge in [0, 0.05) is 6.04 Å². The van der Waals surface area contributed by atoms with Crippen molar-refractivity contribution in [2.45, 2.75) is 32.9 Å². The Morgan fingerprint density at radius 3 is 2.13 bits per heavy atom. The average Bonchev–Trinajstić information content (AvgIpc) is 2.30. The molecule has 84 valence electrons. The van der Waals surface area contributed by atoms with Gasteiger partial charge in [-0.2, -0.15) is 0 Å². The molecule has 2 atom stereocenters. The van der Waals surface area contributed by atoms with Gasteiger partial charge in [0.15, 0.2) is 0 Å². The Kier molecular flexibility index (Phi) is 4.79. The predicted molar refractivity (Wildman–Crippen MR) is 63.8 cm³/mol. The summed E-state index contributed by atoms with van der Waals surface area (Å²) in [7, 11) is 0. The van der Waals surface area contributed by atoms with Gasteiger partial charge in [-0.05, 0) is 25.6 Å². The van der Waals surface area contributed by atoms with Crippen molar-refractivity contribution in [2.75, 3.05) is 13.1 Å². The molecule has 0 spiro atoms. The quantitative estimate of drug-likeness (QED) is 0.801. The molecule has 0 radical (unpaired) electrons. The zero-order chi connectivity index (χ0) is 11.3. The first-order valence-corrected chi connectivity index (χ1v) is 5.67. The number of aliphatic hydroxyl groups is 1. The average molecular weight is 207 g/mol. The minimum atomic E-state index is -0.397. The monoisotopic (exact) mass is 207 g/mol. The van der Waals surface area contributed by atoms with E-state index in [0.717, 1.165) is 18.7 Å². The fourth-order valence-corrected chi connectivity index (χ4v) is 1.93. The van der Waals surface area contributed by atoms with Crippen LogP contribution < -0.4 is 0 Å². The molecule has 0 aliphatic carbocycles. The molecule has 1 rings (SSSR count). The maximum Gasteiger partial charge on any atom is 0.0942 e. The molecule has 1 aromatic carbocycles. The molecule has 0 heterocycles. The van der Waals surface area contributed by atoms with Crippen molar-refractivity contribution in [2.24, 2.45) is 0 Å². The third-order valence-electron chi connectivity index (χ3n) is 2.99. The molecule has 0 aliphatic rings. The normalized spacial score (nSPS) is 15.3. The SMILES string of the molecule is CCN(CC)[C@H](C)[C@H](O)c1ccccc1. The first-order chi connectivity index (χ1) is 7.20. The Hall–Kier alpha value is -0.860. The van der Waals surface area contributed by atoms with Gasteiger partial charge in [-0.3, -0.25) is 4.90 Å². The van der Waals surface area contributed by atoms with Gasteiger partial charge in [-0.15, -0.1) is 0 Å². The number of likely N-dealkylation sites (N-methyl/N-ethyl adjacent to an activating group) is 1. The lowest BCUT2D eigenvalue weighted by atomic mass is 10.0. The minimum absolute atomic E-state index is 0.169. The summed E-state index contributed by atoms with van der Waals surface area (Å²) in [4.78, 5) is 2.26. The summed E-state index contributed by atoms with van der Waals surface area (Å²) >= 11 is 0. The van der Waals surface area contributed by atoms with Crippen LogP contribution in [0.4, 0.5) is 0 Å². The molecule has 0 bridgehead atoms. The summed E-state index contributed by atoms with van der Waals surface area (Å²) < 4.78 is 0. The van der Waals surface area contributed by atoms with Crippen molar-refractivity contribution in [3.05, 3.63) is 35.9 Å². The fourth-order valence-electron chi connectivity index (χ4n) is 1.93. The molecular weight excluding hydrogens is 186 g/mol. The maximum atomic E-state index is 10.2. The molecule has 0 fully saturated rings. The van der Waals surface area contributed by atoms with Gasteiger partial charge in [0.25, 0.3) is 0 Å². The second-order valence-electron chi connectivity index (χ2n) is 3.82. The van der Waals surface area contributed by atoms with E-state index in [1.54, 1.807) is 0 Å². The third-order valence-corrected chi connectivity index (χ3v) is 2.99. The Morgan fingerprint density at radius 2 is 1.67 bits per heavy atom. The summed E-state index contributed by atoms with van der Waals surface area (Å²) in [6.07, 6.45) is -0.397. The molecule has 0 aliphatic heterocycles. The van der Waals surface area contributed by atoms with E-state index in [1.165, 1.54) is 0 Å². The number of rotatable bonds is 5. The topological polar surface area (TPSA) is 23.5 Å². The second kappa shape index (κ2) is 5.89. The van der Waals surface area contributed by atoms with E-state index in [2.05, 4.69) is 25.7 Å². The minimum Gasteiger partial charge on any atom is -0.387 e. The Balaban J connectivity index is 2.71. The van der Waals surface area contributed by atoms with Crippen LogP contribution in [0.5, 0.6) is 0 Å². The maximum absolute atomic E-state index is 10.2. The molecule has 1 aromatic rings. The Morgan fingerprint density at radius 1 is 1.13 bits per heavy atom. The molecule has 2 nitrogen and oxygen atoms in total. The van der Waals surface area contributed by atoms with Gasteiger partial charge in [-0.1, -0.05) is 44.2 Å². The molecule has 0 saturated heterocycles. The first kappa shape index (κ1) is 12.2. The summed E-state index contributed by atoms with van der Waals surface area (Å²) in [6, 6.07) is 10.0. The molecule has 1 N–H and O–H groups in total. The summed E-state index contributed by atoms with van der Waals surface area (Å²) in [5.74, 6) is 0. The first-order valence-electron chi connectivity index (χ1n) is 5.67. The Bertz CT molecular complexity index is 269. The standard InChI is InChI=1S/C13H21NO/c1-4-14(5-2)11(3)13(15)12-9-7-6-8-10-12/h6-11,13,15H,4-5H2,1-3H3/t11-,13+/m1/s1. The summed E-state index contributed by atoms with van der Waals surface area (Å²) in [6.45, 7) is 8.27. The van der Waals surface area contributed by atoms with Crippen LogP contribution in [-0.4, -0.2) is 29.1 Å². The van der Waals surface area contributed by atoms with Gasteiger partial charge in [0.1, 0.15) is 0 Å². The van der Waals surface area contributed by atoms with E-state index in [0.29, 0.717) is 0 Å². The third kappa shape index (κ3) is 3.05. The molecular formula is C13H21NO. The lowest BCUT2D eigenvalue weighted by Crippen LogP contribution is -2.37. The molecule has 15 heavy (non-hydrogen) atoms. The molecule has 0 unspecified atom stereocenters. The van der Waals surface area contributed by atoms with Gasteiger partial charge >= 0.3 is 0 Å². The zero-order valence-electron chi connectivity index (χ0n) is 9.85. The van der Waals surface area contributed by atoms with E-state index in [-0.39, 0.29) is 6.04 Å². The summed E-state index contributed by atoms with van der Waals surface area (Å²) in [5, 5.41) is 10.2. The van der Waals surface area contributed by atoms with E-state index < -0.39 is 6.10 Å². The van der Waals surface area contributed by atoms with Crippen molar-refractivity contribution in [1.82, 2.24) is 4.90 Å². The van der Waals surface area contributed by atoms with E-state index in [4.69, 9.17) is 0 Å². The number of nitrogens with zero attached hydrogens (tertiary/aromatic N) is 1. The van der Waals surface area contributed by atoms with Crippen LogP contribution in [0.2, 0.25) is 0 Å². The number of benzene rings is 1. The van der Waals surface area contributed by atoms with E-state index in [9.17, 15) is 5.11 Å². The van der Waals surface area contributed by atoms with Gasteiger partial charge in [-0.25, -0.2) is 0 Å². The van der Waals surface area contributed by atoms with Crippen LogP contribution in [-0.2, 0) is 0 Å². The lowest BCUT2D eigenvalue weighted by molar-refractivity contribution is 0.0638. The van der Waals surface area contributed by atoms with E-state index >= 15 is 0 Å². The van der Waals surface area contributed by atoms with Crippen molar-refractivity contribution in [1.29, 1.82) is 0 Å². The van der Waals surface area contributed by atoms with Crippen molar-refractivity contribution in [3.63, 3.8) is 0 Å². The molecule has 0 saturated carbocycles. The second-order valence-corrected chi connectivity index (χ2v) is 3.82.